The number of methoxy groups -OCH3 is 1. The Morgan fingerprint density at radius 2 is 1.97 bits per heavy atom. The lowest BCUT2D eigenvalue weighted by Crippen LogP contribution is -2.33. The molecule has 1 aromatic heterocycles. The van der Waals surface area contributed by atoms with Crippen molar-refractivity contribution in [1.29, 1.82) is 0 Å². The SMILES string of the molecule is COc1ccc(NC(=O)c2ccc(N3CCC(C)CC3)c([N+](=O)[O-])c2)cc1-c1ccc(CO)o1. The fourth-order valence-electron chi connectivity index (χ4n) is 4.12. The molecule has 2 N–H and O–H groups in total. The van der Waals surface area contributed by atoms with Crippen LogP contribution in [0.25, 0.3) is 11.3 Å². The molecule has 178 valence electrons. The minimum atomic E-state index is -0.464. The molecule has 1 aliphatic heterocycles. The second kappa shape index (κ2) is 9.96. The van der Waals surface area contributed by atoms with E-state index in [1.807, 2.05) is 4.90 Å². The molecule has 0 spiro atoms. The summed E-state index contributed by atoms with van der Waals surface area (Å²) in [5, 5.41) is 23.8. The highest BCUT2D eigenvalue weighted by Gasteiger charge is 2.25. The Labute approximate surface area is 197 Å². The van der Waals surface area contributed by atoms with Gasteiger partial charge in [-0.15, -0.1) is 0 Å². The second-order valence-electron chi connectivity index (χ2n) is 8.42. The van der Waals surface area contributed by atoms with E-state index in [1.165, 1.54) is 13.2 Å². The molecule has 0 bridgehead atoms. The number of aliphatic hydroxyl groups is 1. The molecule has 0 unspecified atom stereocenters. The van der Waals surface area contributed by atoms with Crippen LogP contribution in [0.3, 0.4) is 0 Å². The highest BCUT2D eigenvalue weighted by atomic mass is 16.6. The second-order valence-corrected chi connectivity index (χ2v) is 8.42. The van der Waals surface area contributed by atoms with Crippen molar-refractivity contribution in [3.8, 4) is 17.1 Å². The summed E-state index contributed by atoms with van der Waals surface area (Å²) in [5.41, 5.74) is 1.72. The number of nitrogens with one attached hydrogen (secondary N) is 1. The number of carbonyl (C=O) groups excluding carboxylic acids is 1. The van der Waals surface area contributed by atoms with Gasteiger partial charge in [0.05, 0.1) is 17.6 Å². The van der Waals surface area contributed by atoms with E-state index in [-0.39, 0.29) is 17.9 Å². The van der Waals surface area contributed by atoms with Crippen LogP contribution >= 0.6 is 0 Å². The van der Waals surface area contributed by atoms with Crippen LogP contribution in [0.15, 0.2) is 52.9 Å². The van der Waals surface area contributed by atoms with Crippen LogP contribution in [0, 0.1) is 16.0 Å². The molecule has 1 fully saturated rings. The highest BCUT2D eigenvalue weighted by molar-refractivity contribution is 6.05. The van der Waals surface area contributed by atoms with E-state index in [1.54, 1.807) is 42.5 Å². The largest absolute Gasteiger partial charge is 0.496 e. The van der Waals surface area contributed by atoms with Crippen LogP contribution in [-0.2, 0) is 6.61 Å². The van der Waals surface area contributed by atoms with E-state index < -0.39 is 10.8 Å². The highest BCUT2D eigenvalue weighted by Crippen LogP contribution is 2.35. The first-order valence-electron chi connectivity index (χ1n) is 11.1. The molecule has 2 heterocycles. The Morgan fingerprint density at radius 3 is 2.62 bits per heavy atom. The van der Waals surface area contributed by atoms with Gasteiger partial charge in [-0.1, -0.05) is 6.92 Å². The van der Waals surface area contributed by atoms with Gasteiger partial charge in [-0.3, -0.25) is 14.9 Å². The molecule has 1 aliphatic rings. The zero-order valence-electron chi connectivity index (χ0n) is 19.1. The standard InChI is InChI=1S/C25H27N3O6/c1-16-9-11-27(12-10-16)21-6-3-17(13-22(21)28(31)32)25(30)26-18-4-7-23(33-2)20(14-18)24-8-5-19(15-29)34-24/h3-8,13-14,16,29H,9-12,15H2,1-2H3,(H,26,30). The van der Waals surface area contributed by atoms with Crippen molar-refractivity contribution >= 4 is 23.0 Å². The maximum Gasteiger partial charge on any atom is 0.293 e. The summed E-state index contributed by atoms with van der Waals surface area (Å²) >= 11 is 0. The molecule has 4 rings (SSSR count). The van der Waals surface area contributed by atoms with Gasteiger partial charge in [0.1, 0.15) is 29.6 Å². The minimum Gasteiger partial charge on any atom is -0.496 e. The number of anilines is 2. The van der Waals surface area contributed by atoms with Crippen LogP contribution in [0.1, 0.15) is 35.9 Å². The summed E-state index contributed by atoms with van der Waals surface area (Å²) in [7, 11) is 1.52. The lowest BCUT2D eigenvalue weighted by Gasteiger charge is -2.31. The van der Waals surface area contributed by atoms with Crippen molar-refractivity contribution in [1.82, 2.24) is 0 Å². The van der Waals surface area contributed by atoms with Gasteiger partial charge in [0.25, 0.3) is 11.6 Å². The molecule has 1 saturated heterocycles. The summed E-state index contributed by atoms with van der Waals surface area (Å²) in [6.07, 6.45) is 1.96. The van der Waals surface area contributed by atoms with Crippen molar-refractivity contribution in [3.05, 3.63) is 70.0 Å². The van der Waals surface area contributed by atoms with Crippen LogP contribution in [0.2, 0.25) is 0 Å². The number of nitro groups is 1. The van der Waals surface area contributed by atoms with Gasteiger partial charge < -0.3 is 24.5 Å². The summed E-state index contributed by atoms with van der Waals surface area (Å²) in [4.78, 5) is 26.3. The summed E-state index contributed by atoms with van der Waals surface area (Å²) < 4.78 is 11.0. The minimum absolute atomic E-state index is 0.0789. The van der Waals surface area contributed by atoms with Crippen LogP contribution < -0.4 is 15.0 Å². The molecule has 0 saturated carbocycles. The predicted octanol–water partition coefficient (Wildman–Crippen LogP) is 4.84. The molecule has 9 heteroatoms. The first kappa shape index (κ1) is 23.3. The smallest absolute Gasteiger partial charge is 0.293 e. The topological polar surface area (TPSA) is 118 Å². The van der Waals surface area contributed by atoms with E-state index in [4.69, 9.17) is 9.15 Å². The maximum absolute atomic E-state index is 12.9. The van der Waals surface area contributed by atoms with E-state index in [9.17, 15) is 20.0 Å². The van der Waals surface area contributed by atoms with Crippen LogP contribution in [-0.4, -0.2) is 36.1 Å². The van der Waals surface area contributed by atoms with E-state index in [0.29, 0.717) is 40.1 Å². The first-order chi connectivity index (χ1) is 16.4. The molecule has 1 amide bonds. The monoisotopic (exact) mass is 465 g/mol. The first-order valence-corrected chi connectivity index (χ1v) is 11.1. The molecule has 3 aromatic rings. The molecular formula is C25H27N3O6. The molecule has 0 aliphatic carbocycles. The third-order valence-electron chi connectivity index (χ3n) is 6.10. The van der Waals surface area contributed by atoms with Gasteiger partial charge in [0.15, 0.2) is 0 Å². The molecule has 2 aromatic carbocycles. The van der Waals surface area contributed by atoms with Crippen LogP contribution in [0.4, 0.5) is 17.1 Å². The van der Waals surface area contributed by atoms with Crippen molar-refractivity contribution in [2.24, 2.45) is 5.92 Å². The number of hydrogen-bond donors (Lipinski definition) is 2. The van der Waals surface area contributed by atoms with Gasteiger partial charge in [0, 0.05) is 30.4 Å². The number of furan rings is 1. The van der Waals surface area contributed by atoms with Crippen molar-refractivity contribution in [3.63, 3.8) is 0 Å². The normalized spacial score (nSPS) is 14.1. The number of nitrogens with zero attached hydrogens (tertiary/aromatic N) is 2. The molecule has 34 heavy (non-hydrogen) atoms. The zero-order valence-corrected chi connectivity index (χ0v) is 19.1. The van der Waals surface area contributed by atoms with Gasteiger partial charge in [0.2, 0.25) is 0 Å². The average Bonchev–Trinajstić information content (AvgIpc) is 3.33. The molecule has 9 nitrogen and oxygen atoms in total. The zero-order chi connectivity index (χ0) is 24.2. The Hall–Kier alpha value is -3.85. The number of rotatable bonds is 7. The number of aliphatic hydroxyl groups excluding tert-OH is 1. The number of benzene rings is 2. The Bertz CT molecular complexity index is 1200. The lowest BCUT2D eigenvalue weighted by molar-refractivity contribution is -0.384. The van der Waals surface area contributed by atoms with Gasteiger partial charge in [-0.05, 0) is 61.2 Å². The van der Waals surface area contributed by atoms with E-state index in [0.717, 1.165) is 25.9 Å². The summed E-state index contributed by atoms with van der Waals surface area (Å²) in [6, 6.07) is 13.0. The van der Waals surface area contributed by atoms with Gasteiger partial charge in [-0.25, -0.2) is 0 Å². The fourth-order valence-corrected chi connectivity index (χ4v) is 4.12. The third-order valence-corrected chi connectivity index (χ3v) is 6.10. The van der Waals surface area contributed by atoms with Gasteiger partial charge >= 0.3 is 0 Å². The molecule has 0 atom stereocenters. The number of piperidine rings is 1. The number of ether oxygens (including phenoxy) is 1. The predicted molar refractivity (Wildman–Crippen MR) is 128 cm³/mol. The quantitative estimate of drug-likeness (QED) is 0.378. The maximum atomic E-state index is 12.9. The van der Waals surface area contributed by atoms with E-state index in [2.05, 4.69) is 12.2 Å². The third kappa shape index (κ3) is 4.89. The Morgan fingerprint density at radius 1 is 1.21 bits per heavy atom. The molecular weight excluding hydrogens is 438 g/mol. The number of hydrogen-bond acceptors (Lipinski definition) is 7. The number of nitro benzene ring substituents is 1. The lowest BCUT2D eigenvalue weighted by atomic mass is 9.98. The molecule has 0 radical (unpaired) electrons. The van der Waals surface area contributed by atoms with E-state index >= 15 is 0 Å². The number of carbonyl (C=O) groups is 1. The van der Waals surface area contributed by atoms with Gasteiger partial charge in [-0.2, -0.15) is 0 Å². The van der Waals surface area contributed by atoms with Crippen molar-refractivity contribution in [2.75, 3.05) is 30.4 Å². The summed E-state index contributed by atoms with van der Waals surface area (Å²) in [5.74, 6) is 1.56. The number of amides is 1. The fraction of sp³-hybridized carbons (Fsp3) is 0.320. The Kier molecular flexibility index (Phi) is 6.83. The Balaban J connectivity index is 1.58. The van der Waals surface area contributed by atoms with Crippen LogP contribution in [0.5, 0.6) is 5.75 Å². The van der Waals surface area contributed by atoms with Crippen molar-refractivity contribution in [2.45, 2.75) is 26.4 Å². The average molecular weight is 466 g/mol. The van der Waals surface area contributed by atoms with Crippen molar-refractivity contribution < 1.29 is 24.0 Å². The summed E-state index contributed by atoms with van der Waals surface area (Å²) in [6.45, 7) is 3.46.